The van der Waals surface area contributed by atoms with Crippen LogP contribution in [0.4, 0.5) is 20.0 Å². The molecule has 0 aliphatic carbocycles. The van der Waals surface area contributed by atoms with Gasteiger partial charge in [-0.15, -0.1) is 0 Å². The molecule has 1 unspecified atom stereocenters. The molecule has 0 saturated carbocycles. The van der Waals surface area contributed by atoms with Crippen molar-refractivity contribution in [1.82, 2.24) is 10.3 Å². The summed E-state index contributed by atoms with van der Waals surface area (Å²) < 4.78 is 18.5. The second-order valence-electron chi connectivity index (χ2n) is 5.68. The van der Waals surface area contributed by atoms with Crippen molar-refractivity contribution in [3.63, 3.8) is 0 Å². The molecule has 2 aromatic heterocycles. The topological polar surface area (TPSA) is 109 Å². The van der Waals surface area contributed by atoms with Gasteiger partial charge in [-0.2, -0.15) is 4.39 Å². The standard InChI is InChI=1S/C16H15FN4O4S2/c1-7(2)25-16(24)21-12(22)8-6-10(17)27-14(8)20-13(23)15-19-11-9(26-15)4-3-5-18-11/h3-7,15H,1-2H3,(H,18,19)(H,20,23)(H,21,22,24). The van der Waals surface area contributed by atoms with Crippen molar-refractivity contribution in [3.05, 3.63) is 35.1 Å². The summed E-state index contributed by atoms with van der Waals surface area (Å²) in [6.45, 7) is 3.25. The van der Waals surface area contributed by atoms with Gasteiger partial charge in [-0.3, -0.25) is 14.9 Å². The SMILES string of the molecule is CC(C)OC(=O)NC(=O)c1cc(F)sc1NC(=O)C1Nc2ncccc2S1. The van der Waals surface area contributed by atoms with E-state index in [-0.39, 0.29) is 10.6 Å². The molecule has 1 aliphatic heterocycles. The van der Waals surface area contributed by atoms with Crippen LogP contribution >= 0.6 is 23.1 Å². The van der Waals surface area contributed by atoms with E-state index >= 15 is 0 Å². The number of rotatable bonds is 4. The summed E-state index contributed by atoms with van der Waals surface area (Å²) in [5.74, 6) is -0.763. The fraction of sp³-hybridized carbons (Fsp3) is 0.250. The fourth-order valence-electron chi connectivity index (χ4n) is 2.20. The Hall–Kier alpha value is -2.66. The maximum Gasteiger partial charge on any atom is 0.414 e. The van der Waals surface area contributed by atoms with E-state index in [9.17, 15) is 18.8 Å². The molecule has 142 valence electrons. The van der Waals surface area contributed by atoms with Crippen LogP contribution in [0.3, 0.4) is 0 Å². The van der Waals surface area contributed by atoms with Gasteiger partial charge in [0.1, 0.15) is 10.8 Å². The third-order valence-electron chi connectivity index (χ3n) is 3.26. The van der Waals surface area contributed by atoms with E-state index in [0.29, 0.717) is 17.2 Å². The molecule has 0 spiro atoms. The number of hydrogen-bond donors (Lipinski definition) is 3. The molecule has 3 N–H and O–H groups in total. The van der Waals surface area contributed by atoms with Crippen molar-refractivity contribution in [2.75, 3.05) is 10.6 Å². The lowest BCUT2D eigenvalue weighted by molar-refractivity contribution is -0.115. The minimum atomic E-state index is -0.951. The van der Waals surface area contributed by atoms with Gasteiger partial charge < -0.3 is 15.4 Å². The van der Waals surface area contributed by atoms with Gasteiger partial charge >= 0.3 is 6.09 Å². The molecule has 3 heterocycles. The maximum atomic E-state index is 13.7. The summed E-state index contributed by atoms with van der Waals surface area (Å²) >= 11 is 1.84. The minimum Gasteiger partial charge on any atom is -0.447 e. The van der Waals surface area contributed by atoms with Crippen LogP contribution in [0.1, 0.15) is 24.2 Å². The van der Waals surface area contributed by atoms with Crippen molar-refractivity contribution in [3.8, 4) is 0 Å². The van der Waals surface area contributed by atoms with Crippen LogP contribution in [-0.4, -0.2) is 34.4 Å². The number of pyridine rings is 1. The van der Waals surface area contributed by atoms with E-state index in [1.807, 2.05) is 11.4 Å². The first kappa shape index (κ1) is 19.1. The van der Waals surface area contributed by atoms with Gasteiger partial charge in [-0.25, -0.2) is 9.78 Å². The number of carbonyl (C=O) groups is 3. The Morgan fingerprint density at radius 3 is 2.85 bits per heavy atom. The van der Waals surface area contributed by atoms with E-state index in [4.69, 9.17) is 4.74 Å². The number of carbonyl (C=O) groups excluding carboxylic acids is 3. The monoisotopic (exact) mass is 410 g/mol. The Kier molecular flexibility index (Phi) is 5.61. The number of anilines is 2. The minimum absolute atomic E-state index is 0.00124. The zero-order valence-electron chi connectivity index (χ0n) is 14.2. The molecule has 3 amide bonds. The van der Waals surface area contributed by atoms with Crippen molar-refractivity contribution >= 4 is 51.8 Å². The first-order valence-corrected chi connectivity index (χ1v) is 9.53. The second-order valence-corrected chi connectivity index (χ2v) is 7.83. The Morgan fingerprint density at radius 2 is 2.15 bits per heavy atom. The predicted molar refractivity (Wildman–Crippen MR) is 99.5 cm³/mol. The number of hydrogen-bond acceptors (Lipinski definition) is 8. The molecule has 0 aromatic carbocycles. The van der Waals surface area contributed by atoms with Crippen LogP contribution < -0.4 is 16.0 Å². The third kappa shape index (κ3) is 4.55. The van der Waals surface area contributed by atoms with Crippen LogP contribution in [0.2, 0.25) is 0 Å². The number of nitrogens with one attached hydrogen (secondary N) is 3. The molecule has 1 atom stereocenters. The third-order valence-corrected chi connectivity index (χ3v) is 5.25. The normalized spacial score (nSPS) is 15.0. The number of imide groups is 1. The summed E-state index contributed by atoms with van der Waals surface area (Å²) in [5.41, 5.74) is -0.162. The lowest BCUT2D eigenvalue weighted by atomic mass is 10.3. The number of amides is 3. The molecular formula is C16H15FN4O4S2. The van der Waals surface area contributed by atoms with E-state index in [1.165, 1.54) is 11.8 Å². The summed E-state index contributed by atoms with van der Waals surface area (Å²) in [6.07, 6.45) is 0.227. The zero-order valence-corrected chi connectivity index (χ0v) is 15.9. The lowest BCUT2D eigenvalue weighted by Crippen LogP contribution is -2.34. The quantitative estimate of drug-likeness (QED) is 0.711. The van der Waals surface area contributed by atoms with E-state index < -0.39 is 34.5 Å². The number of halogens is 1. The highest BCUT2D eigenvalue weighted by Crippen LogP contribution is 2.37. The van der Waals surface area contributed by atoms with Gasteiger partial charge in [-0.1, -0.05) is 23.1 Å². The zero-order chi connectivity index (χ0) is 19.6. The highest BCUT2D eigenvalue weighted by molar-refractivity contribution is 8.01. The highest BCUT2D eigenvalue weighted by atomic mass is 32.2. The number of thiophene rings is 1. The molecule has 8 nitrogen and oxygen atoms in total. The molecule has 1 aliphatic rings. The number of fused-ring (bicyclic) bond motifs is 1. The summed E-state index contributed by atoms with van der Waals surface area (Å²) in [6, 6.07) is 4.52. The summed E-state index contributed by atoms with van der Waals surface area (Å²) in [5, 5.41) is 6.10. The van der Waals surface area contributed by atoms with Gasteiger partial charge in [0.15, 0.2) is 10.5 Å². The van der Waals surface area contributed by atoms with E-state index in [0.717, 1.165) is 11.0 Å². The number of alkyl carbamates (subject to hydrolysis) is 1. The van der Waals surface area contributed by atoms with Crippen molar-refractivity contribution < 1.29 is 23.5 Å². The van der Waals surface area contributed by atoms with E-state index in [1.54, 1.807) is 26.1 Å². The Balaban J connectivity index is 1.68. The van der Waals surface area contributed by atoms with Crippen LogP contribution in [0.15, 0.2) is 29.3 Å². The highest BCUT2D eigenvalue weighted by Gasteiger charge is 2.30. The number of nitrogens with zero attached hydrogens (tertiary/aromatic N) is 1. The molecule has 3 rings (SSSR count). The molecule has 0 bridgehead atoms. The van der Waals surface area contributed by atoms with Crippen molar-refractivity contribution in [2.45, 2.75) is 30.2 Å². The van der Waals surface area contributed by atoms with Crippen LogP contribution in [-0.2, 0) is 9.53 Å². The number of thioether (sulfide) groups is 1. The molecule has 27 heavy (non-hydrogen) atoms. The van der Waals surface area contributed by atoms with Crippen molar-refractivity contribution in [2.24, 2.45) is 0 Å². The van der Waals surface area contributed by atoms with Crippen LogP contribution in [0, 0.1) is 5.13 Å². The average molecular weight is 410 g/mol. The predicted octanol–water partition coefficient (Wildman–Crippen LogP) is 3.04. The lowest BCUT2D eigenvalue weighted by Gasteiger charge is -2.11. The summed E-state index contributed by atoms with van der Waals surface area (Å²) in [4.78, 5) is 41.2. The molecule has 11 heteroatoms. The van der Waals surface area contributed by atoms with Gasteiger partial charge in [0.2, 0.25) is 0 Å². The van der Waals surface area contributed by atoms with Gasteiger partial charge in [0.05, 0.1) is 16.6 Å². The van der Waals surface area contributed by atoms with Crippen LogP contribution in [0.25, 0.3) is 0 Å². The first-order valence-electron chi connectivity index (χ1n) is 7.84. The van der Waals surface area contributed by atoms with Crippen LogP contribution in [0.5, 0.6) is 0 Å². The average Bonchev–Trinajstić information content (AvgIpc) is 3.17. The largest absolute Gasteiger partial charge is 0.447 e. The van der Waals surface area contributed by atoms with Gasteiger partial charge in [0, 0.05) is 12.3 Å². The molecule has 2 aromatic rings. The molecule has 0 fully saturated rings. The fourth-order valence-corrected chi connectivity index (χ4v) is 3.95. The number of aromatic nitrogens is 1. The second kappa shape index (κ2) is 7.92. The van der Waals surface area contributed by atoms with Gasteiger partial charge in [0.25, 0.3) is 11.8 Å². The first-order chi connectivity index (χ1) is 12.8. The van der Waals surface area contributed by atoms with E-state index in [2.05, 4.69) is 15.6 Å². The Labute approximate surface area is 161 Å². The Bertz CT molecular complexity index is 877. The van der Waals surface area contributed by atoms with Gasteiger partial charge in [-0.05, 0) is 26.0 Å². The smallest absolute Gasteiger partial charge is 0.414 e. The molecular weight excluding hydrogens is 395 g/mol. The summed E-state index contributed by atoms with van der Waals surface area (Å²) in [7, 11) is 0. The number of ether oxygens (including phenoxy) is 1. The van der Waals surface area contributed by atoms with Crippen molar-refractivity contribution in [1.29, 1.82) is 0 Å². The molecule has 0 radical (unpaired) electrons. The Morgan fingerprint density at radius 1 is 1.37 bits per heavy atom. The maximum absolute atomic E-state index is 13.7. The molecule has 0 saturated heterocycles.